The van der Waals surface area contributed by atoms with Crippen LogP contribution in [0.15, 0.2) is 158 Å². The van der Waals surface area contributed by atoms with Crippen LogP contribution >= 0.6 is 7.82 Å². The first-order valence-electron chi connectivity index (χ1n) is 38.2. The highest BCUT2D eigenvalue weighted by Crippen LogP contribution is 2.38. The number of phosphoric acid groups is 1. The first-order valence-corrected chi connectivity index (χ1v) is 39.7. The average Bonchev–Trinajstić information content (AvgIpc) is 1.56. The van der Waals surface area contributed by atoms with Gasteiger partial charge < -0.3 is 27.9 Å². The second kappa shape index (κ2) is 72.9. The molecule has 0 radical (unpaired) electrons. The van der Waals surface area contributed by atoms with E-state index in [9.17, 15) is 19.0 Å². The Morgan fingerprint density at radius 3 is 0.851 bits per heavy atom. The van der Waals surface area contributed by atoms with E-state index in [0.29, 0.717) is 17.4 Å². The standard InChI is InChI=1S/C84H142NO8P/c1-6-8-10-12-14-16-18-20-22-24-26-28-30-32-34-36-38-40-41-42-43-45-47-49-51-53-55-57-59-61-63-65-67-69-71-73-75-77-84(87)93-82(81-92-94(88,89)91-79-78-85(3,4)5)80-90-83(86)76-74-72-70-68-66-64-62-60-58-56-54-52-50-48-46-44-39-37-35-33-31-29-27-25-23-21-19-17-15-13-11-9-7-2/h8-11,14-17,20-23,26-29,32-35,38-40,42-44,82H,6-7,12-13,18-19,24-25,30-31,36-37,41,45-81H2,1-5H3/b10-8-,11-9-,16-14-,17-15-,22-20-,23-21-,28-26-,29-27-,34-32-,35-33-,40-38-,43-42-,44-39-. The van der Waals surface area contributed by atoms with Gasteiger partial charge in [-0.15, -0.1) is 0 Å². The largest absolute Gasteiger partial charge is 0.756 e. The van der Waals surface area contributed by atoms with E-state index in [4.69, 9.17) is 18.5 Å². The summed E-state index contributed by atoms with van der Waals surface area (Å²) in [6.45, 7) is 4.03. The van der Waals surface area contributed by atoms with E-state index in [1.54, 1.807) is 0 Å². The second-order valence-corrected chi connectivity index (χ2v) is 27.7. The second-order valence-electron chi connectivity index (χ2n) is 26.3. The smallest absolute Gasteiger partial charge is 0.306 e. The monoisotopic (exact) mass is 1320 g/mol. The van der Waals surface area contributed by atoms with Crippen molar-refractivity contribution in [3.05, 3.63) is 158 Å². The number of carbonyl (C=O) groups excluding carboxylic acids is 2. The van der Waals surface area contributed by atoms with Crippen molar-refractivity contribution in [1.82, 2.24) is 0 Å². The Kier molecular flexibility index (Phi) is 69.5. The van der Waals surface area contributed by atoms with Crippen LogP contribution in [0.5, 0.6) is 0 Å². The van der Waals surface area contributed by atoms with Crippen molar-refractivity contribution in [3.8, 4) is 0 Å². The molecule has 0 amide bonds. The molecule has 0 N–H and O–H groups in total. The summed E-state index contributed by atoms with van der Waals surface area (Å²) in [5, 5.41) is 0. The summed E-state index contributed by atoms with van der Waals surface area (Å²) >= 11 is 0. The van der Waals surface area contributed by atoms with Crippen molar-refractivity contribution >= 4 is 19.8 Å². The molecule has 0 bridgehead atoms. The van der Waals surface area contributed by atoms with Gasteiger partial charge in [0.05, 0.1) is 27.7 Å². The van der Waals surface area contributed by atoms with Gasteiger partial charge in [0.2, 0.25) is 0 Å². The van der Waals surface area contributed by atoms with Gasteiger partial charge >= 0.3 is 11.9 Å². The summed E-state index contributed by atoms with van der Waals surface area (Å²) in [6, 6.07) is 0. The number of quaternary nitrogens is 1. The van der Waals surface area contributed by atoms with Crippen LogP contribution in [0.1, 0.15) is 309 Å². The minimum atomic E-state index is -4.65. The van der Waals surface area contributed by atoms with Crippen LogP contribution in [0.4, 0.5) is 0 Å². The molecule has 10 heteroatoms. The van der Waals surface area contributed by atoms with Gasteiger partial charge in [-0.3, -0.25) is 14.2 Å². The predicted octanol–water partition coefficient (Wildman–Crippen LogP) is 24.9. The van der Waals surface area contributed by atoms with Crippen molar-refractivity contribution in [3.63, 3.8) is 0 Å². The Morgan fingerprint density at radius 1 is 0.330 bits per heavy atom. The lowest BCUT2D eigenvalue weighted by Crippen LogP contribution is -2.37. The van der Waals surface area contributed by atoms with Crippen LogP contribution in [-0.4, -0.2) is 70.0 Å². The summed E-state index contributed by atoms with van der Waals surface area (Å²) in [6.07, 6.45) is 109. The number of hydrogen-bond acceptors (Lipinski definition) is 8. The van der Waals surface area contributed by atoms with Crippen molar-refractivity contribution in [1.29, 1.82) is 0 Å². The number of rotatable bonds is 69. The third-order valence-electron chi connectivity index (χ3n) is 16.0. The lowest BCUT2D eigenvalue weighted by Gasteiger charge is -2.28. The maximum Gasteiger partial charge on any atom is 0.306 e. The van der Waals surface area contributed by atoms with E-state index in [1.165, 1.54) is 154 Å². The molecule has 0 aromatic heterocycles. The minimum absolute atomic E-state index is 0.0362. The zero-order chi connectivity index (χ0) is 68.3. The molecule has 536 valence electrons. The van der Waals surface area contributed by atoms with E-state index >= 15 is 0 Å². The van der Waals surface area contributed by atoms with Gasteiger partial charge in [-0.1, -0.05) is 332 Å². The van der Waals surface area contributed by atoms with Crippen LogP contribution in [0.2, 0.25) is 0 Å². The molecule has 94 heavy (non-hydrogen) atoms. The van der Waals surface area contributed by atoms with E-state index < -0.39 is 26.5 Å². The summed E-state index contributed by atoms with van der Waals surface area (Å²) in [5.74, 6) is -0.833. The summed E-state index contributed by atoms with van der Waals surface area (Å²) in [4.78, 5) is 38.2. The van der Waals surface area contributed by atoms with Gasteiger partial charge in [-0.05, 0) is 122 Å². The lowest BCUT2D eigenvalue weighted by molar-refractivity contribution is -0.870. The van der Waals surface area contributed by atoms with Gasteiger partial charge in [-0.25, -0.2) is 0 Å². The number of hydrogen-bond donors (Lipinski definition) is 0. The van der Waals surface area contributed by atoms with Crippen LogP contribution in [0, 0.1) is 0 Å². The van der Waals surface area contributed by atoms with Crippen molar-refractivity contribution in [2.24, 2.45) is 0 Å². The molecule has 0 aliphatic heterocycles. The van der Waals surface area contributed by atoms with Crippen LogP contribution in [0.3, 0.4) is 0 Å². The SMILES string of the molecule is CC/C=C\C/C=C\C/C=C\C/C=C\C/C=C\C/C=C\C/C=C\CCCCCCCCCCCCCCCCCC(=O)OC(COC(=O)CCCCCCCCCCCCCCCC/C=C\C/C=C\C/C=C\C/C=C\C/C=C\C/C=C\CC)COP(=O)([O-])OCC[N+](C)(C)C. The minimum Gasteiger partial charge on any atom is -0.756 e. The molecule has 0 aromatic rings. The summed E-state index contributed by atoms with van der Waals surface area (Å²) in [5.41, 5.74) is 0. The number of phosphoric ester groups is 1. The number of unbranched alkanes of at least 4 members (excludes halogenated alkanes) is 29. The lowest BCUT2D eigenvalue weighted by atomic mass is 10.0. The molecule has 2 unspecified atom stereocenters. The number of esters is 2. The maximum absolute atomic E-state index is 12.9. The van der Waals surface area contributed by atoms with E-state index in [-0.39, 0.29) is 32.0 Å². The average molecular weight is 1330 g/mol. The molecule has 0 heterocycles. The molecule has 2 atom stereocenters. The van der Waals surface area contributed by atoms with Crippen LogP contribution < -0.4 is 4.89 Å². The highest BCUT2D eigenvalue weighted by atomic mass is 31.2. The zero-order valence-electron chi connectivity index (χ0n) is 61.1. The molecular weight excluding hydrogens is 1180 g/mol. The Morgan fingerprint density at radius 2 is 0.574 bits per heavy atom. The summed E-state index contributed by atoms with van der Waals surface area (Å²) < 4.78 is 34.4. The van der Waals surface area contributed by atoms with Gasteiger partial charge in [0.15, 0.2) is 6.10 Å². The Labute approximate surface area is 579 Å². The number of nitrogens with zero attached hydrogens (tertiary/aromatic N) is 1. The van der Waals surface area contributed by atoms with E-state index in [0.717, 1.165) is 122 Å². The van der Waals surface area contributed by atoms with Crippen LogP contribution in [0.25, 0.3) is 0 Å². The first kappa shape index (κ1) is 89.6. The maximum atomic E-state index is 12.9. The molecular formula is C84H142NO8P. The van der Waals surface area contributed by atoms with Crippen molar-refractivity contribution < 1.29 is 42.1 Å². The third kappa shape index (κ3) is 76.6. The fourth-order valence-electron chi connectivity index (χ4n) is 10.3. The molecule has 0 aromatic carbocycles. The van der Waals surface area contributed by atoms with E-state index in [2.05, 4.69) is 172 Å². The van der Waals surface area contributed by atoms with Crippen LogP contribution in [-0.2, 0) is 32.7 Å². The molecule has 0 fully saturated rings. The quantitative estimate of drug-likeness (QED) is 0.0195. The highest BCUT2D eigenvalue weighted by molar-refractivity contribution is 7.45. The van der Waals surface area contributed by atoms with E-state index in [1.807, 2.05) is 21.1 Å². The first-order chi connectivity index (χ1) is 46.0. The zero-order valence-corrected chi connectivity index (χ0v) is 62.0. The molecule has 0 saturated heterocycles. The molecule has 0 saturated carbocycles. The third-order valence-corrected chi connectivity index (χ3v) is 17.0. The molecule has 0 aliphatic rings. The normalized spacial score (nSPS) is 14.0. The number of carbonyl (C=O) groups is 2. The topological polar surface area (TPSA) is 111 Å². The number of likely N-dealkylation sites (N-methyl/N-ethyl adjacent to an activating group) is 1. The number of allylic oxidation sites excluding steroid dienone is 26. The molecule has 0 rings (SSSR count). The van der Waals surface area contributed by atoms with Gasteiger partial charge in [0, 0.05) is 12.8 Å². The molecule has 0 spiro atoms. The number of ether oxygens (including phenoxy) is 2. The van der Waals surface area contributed by atoms with Gasteiger partial charge in [0.1, 0.15) is 19.8 Å². The van der Waals surface area contributed by atoms with Crippen molar-refractivity contribution in [2.45, 2.75) is 315 Å². The molecule has 9 nitrogen and oxygen atoms in total. The Bertz CT molecular complexity index is 2150. The fourth-order valence-corrected chi connectivity index (χ4v) is 11.0. The van der Waals surface area contributed by atoms with Gasteiger partial charge in [0.25, 0.3) is 7.82 Å². The highest BCUT2D eigenvalue weighted by Gasteiger charge is 2.22. The fraction of sp³-hybridized carbons (Fsp3) is 0.667. The Hall–Kier alpha value is -4.37. The summed E-state index contributed by atoms with van der Waals surface area (Å²) in [7, 11) is 1.16. The van der Waals surface area contributed by atoms with Gasteiger partial charge in [-0.2, -0.15) is 0 Å². The predicted molar refractivity (Wildman–Crippen MR) is 406 cm³/mol. The molecule has 0 aliphatic carbocycles. The Balaban J connectivity index is 4.03. The van der Waals surface area contributed by atoms with Crippen molar-refractivity contribution in [2.75, 3.05) is 47.5 Å².